The molecule has 0 aromatic heterocycles. The highest BCUT2D eigenvalue weighted by molar-refractivity contribution is 6.01. The summed E-state index contributed by atoms with van der Waals surface area (Å²) >= 11 is 0. The third-order valence-corrected chi connectivity index (χ3v) is 5.61. The lowest BCUT2D eigenvalue weighted by molar-refractivity contribution is 1.73. The maximum atomic E-state index is 3.86. The van der Waals surface area contributed by atoms with Crippen LogP contribution in [0.1, 0.15) is 5.56 Å². The summed E-state index contributed by atoms with van der Waals surface area (Å²) in [5.41, 5.74) is 1.20. The maximum Gasteiger partial charge on any atom is -0.0105 e. The van der Waals surface area contributed by atoms with E-state index in [9.17, 15) is 0 Å². The zero-order valence-electron chi connectivity index (χ0n) is 16.8. The van der Waals surface area contributed by atoms with Gasteiger partial charge in [-0.05, 0) is 72.9 Å². The van der Waals surface area contributed by atoms with Gasteiger partial charge in [-0.25, -0.2) is 0 Å². The fraction of sp³-hybridized carbons (Fsp3) is 0. The minimum absolute atomic E-state index is 1.20. The van der Waals surface area contributed by atoms with Crippen molar-refractivity contribution in [1.82, 2.24) is 0 Å². The van der Waals surface area contributed by atoms with Crippen LogP contribution in [0.4, 0.5) is 0 Å². The molecule has 0 aliphatic rings. The molecule has 0 saturated heterocycles. The van der Waals surface area contributed by atoms with E-state index in [0.717, 1.165) is 0 Å². The van der Waals surface area contributed by atoms with Gasteiger partial charge in [-0.15, -0.1) is 0 Å². The van der Waals surface area contributed by atoms with Crippen molar-refractivity contribution in [3.05, 3.63) is 127 Å². The van der Waals surface area contributed by atoms with Gasteiger partial charge in [-0.1, -0.05) is 104 Å². The van der Waals surface area contributed by atoms with E-state index in [4.69, 9.17) is 0 Å². The van der Waals surface area contributed by atoms with Crippen LogP contribution in [-0.2, 0) is 0 Å². The quantitative estimate of drug-likeness (QED) is 0.250. The summed E-state index contributed by atoms with van der Waals surface area (Å²) in [6.45, 7) is 3.86. The molecule has 0 N–H and O–H groups in total. The second-order valence-corrected chi connectivity index (χ2v) is 7.52. The van der Waals surface area contributed by atoms with Gasteiger partial charge in [0.15, 0.2) is 0 Å². The van der Waals surface area contributed by atoms with Gasteiger partial charge in [0, 0.05) is 0 Å². The summed E-state index contributed by atoms with van der Waals surface area (Å²) in [6, 6.07) is 40.7. The van der Waals surface area contributed by atoms with Crippen LogP contribution in [0.15, 0.2) is 122 Å². The van der Waals surface area contributed by atoms with Crippen molar-refractivity contribution in [2.75, 3.05) is 0 Å². The van der Waals surface area contributed by atoms with Crippen LogP contribution in [0.5, 0.6) is 0 Å². The predicted octanol–water partition coefficient (Wildman–Crippen LogP) is 8.63. The van der Waals surface area contributed by atoms with E-state index in [1.54, 1.807) is 0 Å². The Kier molecular flexibility index (Phi) is 4.75. The molecule has 0 radical (unpaired) electrons. The summed E-state index contributed by atoms with van der Waals surface area (Å²) in [7, 11) is 0. The standard InChI is InChI=1S/C16H12.C14H10/c1-2-12-8-5-9-15-10-13-6-3-4-7-14(13)11-16(12)15;1-2-6-12-10-14-8-4-3-7-13(14)9-11(12)5-1/h2-11H,1H2;1-10H. The first-order valence-electron chi connectivity index (χ1n) is 10.2. The van der Waals surface area contributed by atoms with E-state index in [1.165, 1.54) is 48.7 Å². The van der Waals surface area contributed by atoms with Crippen molar-refractivity contribution in [3.8, 4) is 0 Å². The lowest BCUT2D eigenvalue weighted by Crippen LogP contribution is -1.79. The Morgan fingerprint density at radius 1 is 0.400 bits per heavy atom. The topological polar surface area (TPSA) is 0 Å². The molecule has 142 valence electrons. The first-order chi connectivity index (χ1) is 14.8. The van der Waals surface area contributed by atoms with Crippen LogP contribution in [0.3, 0.4) is 0 Å². The molecule has 0 spiro atoms. The first-order valence-corrected chi connectivity index (χ1v) is 10.2. The molecule has 0 unspecified atom stereocenters. The average Bonchev–Trinajstić information content (AvgIpc) is 2.81. The van der Waals surface area contributed by atoms with Gasteiger partial charge < -0.3 is 0 Å². The predicted molar refractivity (Wildman–Crippen MR) is 133 cm³/mol. The van der Waals surface area contributed by atoms with Crippen LogP contribution in [0, 0.1) is 0 Å². The largest absolute Gasteiger partial charge is 0.0984 e. The number of rotatable bonds is 1. The lowest BCUT2D eigenvalue weighted by atomic mass is 10.00. The molecule has 0 amide bonds. The third kappa shape index (κ3) is 3.44. The fourth-order valence-corrected chi connectivity index (χ4v) is 4.05. The zero-order chi connectivity index (χ0) is 20.3. The summed E-state index contributed by atoms with van der Waals surface area (Å²) < 4.78 is 0. The van der Waals surface area contributed by atoms with Crippen LogP contribution in [0.2, 0.25) is 0 Å². The Hall–Kier alpha value is -3.90. The van der Waals surface area contributed by atoms with Crippen LogP contribution < -0.4 is 0 Å². The third-order valence-electron chi connectivity index (χ3n) is 5.61. The van der Waals surface area contributed by atoms with Crippen molar-refractivity contribution in [2.45, 2.75) is 0 Å². The van der Waals surface area contributed by atoms with Crippen molar-refractivity contribution in [1.29, 1.82) is 0 Å². The minimum atomic E-state index is 1.20. The molecule has 0 atom stereocenters. The highest BCUT2D eigenvalue weighted by Gasteiger charge is 2.00. The molecule has 0 aliphatic heterocycles. The molecule has 0 nitrogen and oxygen atoms in total. The first kappa shape index (κ1) is 18.1. The van der Waals surface area contributed by atoms with Crippen molar-refractivity contribution in [2.24, 2.45) is 0 Å². The number of hydrogen-bond donors (Lipinski definition) is 0. The van der Waals surface area contributed by atoms with E-state index < -0.39 is 0 Å². The highest BCUT2D eigenvalue weighted by atomic mass is 14.0. The van der Waals surface area contributed by atoms with Crippen LogP contribution in [-0.4, -0.2) is 0 Å². The maximum absolute atomic E-state index is 3.86. The van der Waals surface area contributed by atoms with E-state index >= 15 is 0 Å². The van der Waals surface area contributed by atoms with Gasteiger partial charge in [-0.2, -0.15) is 0 Å². The van der Waals surface area contributed by atoms with Gasteiger partial charge in [0.05, 0.1) is 0 Å². The Balaban J connectivity index is 0.000000130. The normalized spacial score (nSPS) is 10.8. The summed E-state index contributed by atoms with van der Waals surface area (Å²) in [6.07, 6.45) is 1.91. The number of benzene rings is 6. The Bertz CT molecular complexity index is 1400. The molecule has 0 heteroatoms. The van der Waals surface area contributed by atoms with Gasteiger partial charge in [-0.3, -0.25) is 0 Å². The smallest absolute Gasteiger partial charge is 0.0105 e. The van der Waals surface area contributed by atoms with Gasteiger partial charge in [0.25, 0.3) is 0 Å². The highest BCUT2D eigenvalue weighted by Crippen LogP contribution is 2.26. The molecule has 6 aromatic rings. The second kappa shape index (κ2) is 7.85. The van der Waals surface area contributed by atoms with Crippen molar-refractivity contribution < 1.29 is 0 Å². The molecule has 6 aromatic carbocycles. The van der Waals surface area contributed by atoms with Crippen molar-refractivity contribution in [3.63, 3.8) is 0 Å². The Morgan fingerprint density at radius 2 is 0.767 bits per heavy atom. The monoisotopic (exact) mass is 382 g/mol. The van der Waals surface area contributed by atoms with Gasteiger partial charge in [0.1, 0.15) is 0 Å². The number of fused-ring (bicyclic) bond motifs is 4. The minimum Gasteiger partial charge on any atom is -0.0984 e. The molecular formula is C30H22. The molecule has 0 saturated carbocycles. The fourth-order valence-electron chi connectivity index (χ4n) is 4.05. The second-order valence-electron chi connectivity index (χ2n) is 7.52. The zero-order valence-corrected chi connectivity index (χ0v) is 16.8. The Labute approximate surface area is 176 Å². The molecule has 0 fully saturated rings. The molecule has 0 heterocycles. The molecule has 6 rings (SSSR count). The van der Waals surface area contributed by atoms with Gasteiger partial charge in [0.2, 0.25) is 0 Å². The van der Waals surface area contributed by atoms with Gasteiger partial charge >= 0.3 is 0 Å². The summed E-state index contributed by atoms with van der Waals surface area (Å²) in [5.74, 6) is 0. The summed E-state index contributed by atoms with van der Waals surface area (Å²) in [4.78, 5) is 0. The van der Waals surface area contributed by atoms with E-state index in [-0.39, 0.29) is 0 Å². The van der Waals surface area contributed by atoms with Crippen molar-refractivity contribution >= 4 is 49.2 Å². The average molecular weight is 383 g/mol. The molecule has 0 bridgehead atoms. The number of hydrogen-bond acceptors (Lipinski definition) is 0. The molecule has 0 aliphatic carbocycles. The van der Waals surface area contributed by atoms with E-state index in [2.05, 4.69) is 122 Å². The summed E-state index contributed by atoms with van der Waals surface area (Å²) in [5, 5.41) is 10.4. The Morgan fingerprint density at radius 3 is 1.20 bits per heavy atom. The van der Waals surface area contributed by atoms with Crippen LogP contribution in [0.25, 0.3) is 49.2 Å². The molecular weight excluding hydrogens is 360 g/mol. The van der Waals surface area contributed by atoms with E-state index in [0.29, 0.717) is 0 Å². The van der Waals surface area contributed by atoms with Crippen LogP contribution >= 0.6 is 0 Å². The lowest BCUT2D eigenvalue weighted by Gasteiger charge is -2.04. The SMILES string of the molecule is C=Cc1cccc2cc3ccccc3cc12.c1ccc2cc3ccccc3cc2c1. The van der Waals surface area contributed by atoms with E-state index in [1.807, 2.05) is 6.08 Å². The molecule has 30 heavy (non-hydrogen) atoms.